The largest absolute Gasteiger partial charge is 0.276 e. The molecule has 1 aromatic rings. The van der Waals surface area contributed by atoms with E-state index < -0.39 is 5.91 Å². The molecule has 0 aliphatic heterocycles. The molecule has 0 saturated carbocycles. The van der Waals surface area contributed by atoms with Gasteiger partial charge in [0.05, 0.1) is 11.8 Å². The van der Waals surface area contributed by atoms with E-state index >= 15 is 0 Å². The Labute approximate surface area is 86.4 Å². The van der Waals surface area contributed by atoms with Crippen molar-refractivity contribution in [1.82, 2.24) is 5.01 Å². The summed E-state index contributed by atoms with van der Waals surface area (Å²) in [5, 5.41) is 3.41. The van der Waals surface area contributed by atoms with Gasteiger partial charge in [-0.3, -0.25) is 4.79 Å². The molecule has 0 saturated heterocycles. The summed E-state index contributed by atoms with van der Waals surface area (Å²) in [5.41, 5.74) is 0.428. The Bertz CT molecular complexity index is 316. The van der Waals surface area contributed by atoms with Crippen LogP contribution in [0.25, 0.3) is 0 Å². The smallest absolute Gasteiger partial charge is 0.267 e. The summed E-state index contributed by atoms with van der Waals surface area (Å²) in [5.74, 6) is -0.245. The number of carbonyl (C=O) groups excluding carboxylic acids is 1. The van der Waals surface area contributed by atoms with Gasteiger partial charge in [0.15, 0.2) is 0 Å². The van der Waals surface area contributed by atoms with Gasteiger partial charge in [-0.25, -0.2) is 0 Å². The Morgan fingerprint density at radius 2 is 2.00 bits per heavy atom. The highest BCUT2D eigenvalue weighted by Crippen LogP contribution is 2.04. The first-order valence-corrected chi connectivity index (χ1v) is 4.59. The molecule has 0 aliphatic carbocycles. The predicted octanol–water partition coefficient (Wildman–Crippen LogP) is 2.05. The van der Waals surface area contributed by atoms with Crippen LogP contribution in [-0.2, 0) is 0 Å². The standard InChI is InChI=1S/C9H9ClN2O2/c10-6-7-12(11-14)9(13)8-4-2-1-3-5-8/h1-5H,6-7H2. The number of nitroso groups, excluding NO2 is 1. The molecule has 0 heterocycles. The fraction of sp³-hybridized carbons (Fsp3) is 0.222. The lowest BCUT2D eigenvalue weighted by Gasteiger charge is -2.10. The quantitative estimate of drug-likeness (QED) is 0.436. The topological polar surface area (TPSA) is 49.7 Å². The van der Waals surface area contributed by atoms with Crippen molar-refractivity contribution in [2.24, 2.45) is 5.29 Å². The first-order chi connectivity index (χ1) is 6.79. The van der Waals surface area contributed by atoms with Crippen molar-refractivity contribution in [3.05, 3.63) is 40.8 Å². The highest BCUT2D eigenvalue weighted by molar-refractivity contribution is 6.18. The van der Waals surface area contributed by atoms with Gasteiger partial charge in [-0.2, -0.15) is 5.01 Å². The number of rotatable bonds is 4. The SMILES string of the molecule is O=NN(CCCl)C(=O)c1ccccc1. The summed E-state index contributed by atoms with van der Waals surface area (Å²) in [6.45, 7) is 0.124. The molecule has 0 fully saturated rings. The van der Waals surface area contributed by atoms with Crippen molar-refractivity contribution in [2.45, 2.75) is 0 Å². The van der Waals surface area contributed by atoms with Crippen LogP contribution < -0.4 is 0 Å². The van der Waals surface area contributed by atoms with Gasteiger partial charge in [-0.1, -0.05) is 18.2 Å². The Morgan fingerprint density at radius 3 is 2.50 bits per heavy atom. The van der Waals surface area contributed by atoms with E-state index in [9.17, 15) is 9.70 Å². The molecule has 0 bridgehead atoms. The van der Waals surface area contributed by atoms with Crippen molar-refractivity contribution in [1.29, 1.82) is 0 Å². The zero-order chi connectivity index (χ0) is 10.4. The second-order valence-electron chi connectivity index (χ2n) is 2.56. The molecule has 0 aliphatic rings. The maximum atomic E-state index is 11.5. The van der Waals surface area contributed by atoms with Crippen LogP contribution in [0.15, 0.2) is 35.6 Å². The Hall–Kier alpha value is -1.42. The molecule has 5 heteroatoms. The summed E-state index contributed by atoms with van der Waals surface area (Å²) >= 11 is 5.41. The van der Waals surface area contributed by atoms with Crippen LogP contribution in [0.5, 0.6) is 0 Å². The summed E-state index contributed by atoms with van der Waals surface area (Å²) < 4.78 is 0. The normalized spacial score (nSPS) is 9.50. The second-order valence-corrected chi connectivity index (χ2v) is 2.94. The number of benzene rings is 1. The zero-order valence-corrected chi connectivity index (χ0v) is 8.15. The maximum Gasteiger partial charge on any atom is 0.276 e. The molecule has 4 nitrogen and oxygen atoms in total. The summed E-state index contributed by atoms with van der Waals surface area (Å²) in [4.78, 5) is 21.8. The van der Waals surface area contributed by atoms with E-state index in [1.807, 2.05) is 0 Å². The third-order valence-electron chi connectivity index (χ3n) is 1.65. The van der Waals surface area contributed by atoms with Gasteiger partial charge in [0, 0.05) is 11.4 Å². The van der Waals surface area contributed by atoms with Crippen LogP contribution in [0.1, 0.15) is 10.4 Å². The molecule has 0 N–H and O–H groups in total. The van der Waals surface area contributed by atoms with Gasteiger partial charge in [-0.15, -0.1) is 16.5 Å². The minimum Gasteiger partial charge on any atom is -0.267 e. The number of carbonyl (C=O) groups is 1. The summed E-state index contributed by atoms with van der Waals surface area (Å²) in [6, 6.07) is 8.47. The number of amides is 1. The first-order valence-electron chi connectivity index (χ1n) is 4.05. The van der Waals surface area contributed by atoms with Gasteiger partial charge in [0.1, 0.15) is 0 Å². The lowest BCUT2D eigenvalue weighted by Crippen LogP contribution is -2.27. The molecular formula is C9H9ClN2O2. The number of halogens is 1. The molecule has 1 rings (SSSR count). The first kappa shape index (κ1) is 10.7. The second kappa shape index (κ2) is 5.34. The minimum absolute atomic E-state index is 0.124. The van der Waals surface area contributed by atoms with Crippen LogP contribution in [-0.4, -0.2) is 23.3 Å². The van der Waals surface area contributed by atoms with E-state index in [-0.39, 0.29) is 12.4 Å². The van der Waals surface area contributed by atoms with E-state index in [4.69, 9.17) is 11.6 Å². The lowest BCUT2D eigenvalue weighted by atomic mass is 10.2. The number of nitrogens with zero attached hydrogens (tertiary/aromatic N) is 2. The van der Waals surface area contributed by atoms with E-state index in [1.165, 1.54) is 0 Å². The van der Waals surface area contributed by atoms with Crippen molar-refractivity contribution >= 4 is 17.5 Å². The Balaban J connectivity index is 2.78. The molecule has 74 valence electrons. The Morgan fingerprint density at radius 1 is 1.36 bits per heavy atom. The van der Waals surface area contributed by atoms with E-state index in [2.05, 4.69) is 5.29 Å². The molecular weight excluding hydrogens is 204 g/mol. The maximum absolute atomic E-state index is 11.5. The summed E-state index contributed by atoms with van der Waals surface area (Å²) in [6.07, 6.45) is 0. The molecule has 0 atom stereocenters. The zero-order valence-electron chi connectivity index (χ0n) is 7.39. The predicted molar refractivity (Wildman–Crippen MR) is 54.0 cm³/mol. The fourth-order valence-corrected chi connectivity index (χ4v) is 1.15. The number of hydrogen-bond donors (Lipinski definition) is 0. The van der Waals surface area contributed by atoms with E-state index in [1.54, 1.807) is 30.3 Å². The van der Waals surface area contributed by atoms with Crippen molar-refractivity contribution in [3.8, 4) is 0 Å². The Kier molecular flexibility index (Phi) is 4.07. The average molecular weight is 213 g/mol. The van der Waals surface area contributed by atoms with Crippen LogP contribution in [0.4, 0.5) is 0 Å². The van der Waals surface area contributed by atoms with Crippen molar-refractivity contribution in [3.63, 3.8) is 0 Å². The lowest BCUT2D eigenvalue weighted by molar-refractivity contribution is 0.0767. The van der Waals surface area contributed by atoms with Gasteiger partial charge >= 0.3 is 0 Å². The molecule has 0 aromatic heterocycles. The van der Waals surface area contributed by atoms with E-state index in [0.717, 1.165) is 5.01 Å². The molecule has 1 aromatic carbocycles. The third kappa shape index (κ3) is 2.53. The van der Waals surface area contributed by atoms with Crippen molar-refractivity contribution < 1.29 is 4.79 Å². The number of hydrogen-bond acceptors (Lipinski definition) is 3. The average Bonchev–Trinajstić information content (AvgIpc) is 2.26. The summed E-state index contributed by atoms with van der Waals surface area (Å²) in [7, 11) is 0. The minimum atomic E-state index is -0.429. The molecule has 0 radical (unpaired) electrons. The van der Waals surface area contributed by atoms with Gasteiger partial charge in [0.25, 0.3) is 5.91 Å². The molecule has 1 amide bonds. The number of alkyl halides is 1. The molecule has 0 spiro atoms. The van der Waals surface area contributed by atoms with Crippen molar-refractivity contribution in [2.75, 3.05) is 12.4 Å². The molecule has 14 heavy (non-hydrogen) atoms. The monoisotopic (exact) mass is 212 g/mol. The van der Waals surface area contributed by atoms with Gasteiger partial charge < -0.3 is 0 Å². The fourth-order valence-electron chi connectivity index (χ4n) is 0.989. The third-order valence-corrected chi connectivity index (χ3v) is 1.82. The molecule has 0 unspecified atom stereocenters. The van der Waals surface area contributed by atoms with Gasteiger partial charge in [0.2, 0.25) is 0 Å². The van der Waals surface area contributed by atoms with Crippen LogP contribution in [0.2, 0.25) is 0 Å². The van der Waals surface area contributed by atoms with Crippen LogP contribution >= 0.6 is 11.6 Å². The highest BCUT2D eigenvalue weighted by Gasteiger charge is 2.14. The highest BCUT2D eigenvalue weighted by atomic mass is 35.5. The van der Waals surface area contributed by atoms with Gasteiger partial charge in [-0.05, 0) is 12.1 Å². The van der Waals surface area contributed by atoms with Crippen LogP contribution in [0.3, 0.4) is 0 Å². The van der Waals surface area contributed by atoms with Crippen LogP contribution in [0, 0.1) is 4.91 Å². The van der Waals surface area contributed by atoms with E-state index in [0.29, 0.717) is 5.56 Å².